The minimum absolute atomic E-state index is 0.0104. The zero-order valence-electron chi connectivity index (χ0n) is 16.9. The Balaban J connectivity index is 1.83. The number of azo groups is 1. The van der Waals surface area contributed by atoms with Gasteiger partial charge < -0.3 is 9.67 Å². The van der Waals surface area contributed by atoms with E-state index in [1.165, 1.54) is 0 Å². The Morgan fingerprint density at radius 3 is 2.45 bits per heavy atom. The molecule has 4 rings (SSSR count). The van der Waals surface area contributed by atoms with Crippen LogP contribution in [0, 0.1) is 20.8 Å². The summed E-state index contributed by atoms with van der Waals surface area (Å²) in [6.07, 6.45) is 0. The molecule has 0 aliphatic carbocycles. The van der Waals surface area contributed by atoms with Crippen LogP contribution in [0.15, 0.2) is 52.7 Å². The third-order valence-corrected chi connectivity index (χ3v) is 5.05. The second-order valence-electron chi connectivity index (χ2n) is 7.27. The van der Waals surface area contributed by atoms with E-state index in [1.807, 2.05) is 64.1 Å². The molecule has 0 atom stereocenters. The maximum Gasteiger partial charge on any atom is 0.296 e. The fourth-order valence-corrected chi connectivity index (χ4v) is 3.65. The number of carbonyl (C=O) groups excluding carboxylic acids is 1. The molecular formula is C23H22N4O2. The molecule has 29 heavy (non-hydrogen) atoms. The summed E-state index contributed by atoms with van der Waals surface area (Å²) >= 11 is 0. The average molecular weight is 386 g/mol. The number of aromatic nitrogens is 2. The van der Waals surface area contributed by atoms with Crippen LogP contribution in [0.1, 0.15) is 34.1 Å². The quantitative estimate of drug-likeness (QED) is 0.454. The fourth-order valence-electron chi connectivity index (χ4n) is 3.65. The van der Waals surface area contributed by atoms with E-state index in [9.17, 15) is 9.90 Å². The molecule has 0 saturated heterocycles. The highest BCUT2D eigenvalue weighted by atomic mass is 16.3. The predicted octanol–water partition coefficient (Wildman–Crippen LogP) is 5.76. The summed E-state index contributed by atoms with van der Waals surface area (Å²) in [7, 11) is 0. The van der Waals surface area contributed by atoms with Crippen LogP contribution < -0.4 is 0 Å². The van der Waals surface area contributed by atoms with E-state index in [0.29, 0.717) is 17.8 Å². The van der Waals surface area contributed by atoms with Gasteiger partial charge in [-0.15, -0.1) is 10.2 Å². The lowest BCUT2D eigenvalue weighted by molar-refractivity contribution is 0.0996. The second kappa shape index (κ2) is 7.13. The largest absolute Gasteiger partial charge is 0.493 e. The van der Waals surface area contributed by atoms with Crippen LogP contribution in [0.25, 0.3) is 21.8 Å². The normalized spacial score (nSPS) is 11.7. The molecule has 6 nitrogen and oxygen atoms in total. The number of carbonyl (C=O) groups is 1. The van der Waals surface area contributed by atoms with Gasteiger partial charge in [-0.25, -0.2) is 0 Å². The minimum Gasteiger partial charge on any atom is -0.493 e. The summed E-state index contributed by atoms with van der Waals surface area (Å²) < 4.78 is 1.75. The number of aryl methyl sites for hydroxylation is 4. The van der Waals surface area contributed by atoms with Crippen LogP contribution in [0.3, 0.4) is 0 Å². The van der Waals surface area contributed by atoms with Crippen molar-refractivity contribution in [1.29, 1.82) is 0 Å². The summed E-state index contributed by atoms with van der Waals surface area (Å²) in [6, 6.07) is 13.4. The highest BCUT2D eigenvalue weighted by Gasteiger charge is 2.17. The van der Waals surface area contributed by atoms with Crippen LogP contribution in [-0.2, 0) is 6.54 Å². The van der Waals surface area contributed by atoms with Gasteiger partial charge in [0.2, 0.25) is 5.88 Å². The number of hydrogen-bond acceptors (Lipinski definition) is 4. The molecule has 1 N–H and O–H groups in total. The predicted molar refractivity (Wildman–Crippen MR) is 114 cm³/mol. The number of benzene rings is 2. The maximum atomic E-state index is 12.9. The molecule has 0 bridgehead atoms. The van der Waals surface area contributed by atoms with E-state index >= 15 is 0 Å². The first-order valence-electron chi connectivity index (χ1n) is 9.55. The van der Waals surface area contributed by atoms with E-state index in [1.54, 1.807) is 10.6 Å². The van der Waals surface area contributed by atoms with Crippen molar-refractivity contribution in [2.45, 2.75) is 34.2 Å². The smallest absolute Gasteiger partial charge is 0.296 e. The van der Waals surface area contributed by atoms with Crippen LogP contribution >= 0.6 is 0 Å². The Kier molecular flexibility index (Phi) is 4.62. The highest BCUT2D eigenvalue weighted by molar-refractivity contribution is 6.07. The Labute approximate surface area is 168 Å². The van der Waals surface area contributed by atoms with Crippen molar-refractivity contribution in [1.82, 2.24) is 9.55 Å². The Morgan fingerprint density at radius 2 is 1.72 bits per heavy atom. The summed E-state index contributed by atoms with van der Waals surface area (Å²) in [6.45, 7) is 8.31. The molecule has 0 radical (unpaired) electrons. The van der Waals surface area contributed by atoms with E-state index in [0.717, 1.165) is 38.6 Å². The first-order chi connectivity index (χ1) is 13.9. The molecule has 0 aliphatic heterocycles. The molecule has 2 aromatic heterocycles. The van der Waals surface area contributed by atoms with Gasteiger partial charge in [0, 0.05) is 23.0 Å². The molecule has 1 amide bonds. The topological polar surface area (TPSA) is 79.8 Å². The number of pyridine rings is 1. The lowest BCUT2D eigenvalue weighted by Crippen LogP contribution is -1.99. The second-order valence-corrected chi connectivity index (χ2v) is 7.27. The van der Waals surface area contributed by atoms with Crippen molar-refractivity contribution in [2.24, 2.45) is 10.2 Å². The number of nitrogens with zero attached hydrogens (tertiary/aromatic N) is 4. The van der Waals surface area contributed by atoms with E-state index in [2.05, 4.69) is 15.2 Å². The van der Waals surface area contributed by atoms with E-state index in [-0.39, 0.29) is 5.88 Å². The summed E-state index contributed by atoms with van der Waals surface area (Å²) in [5.74, 6) is -0.452. The van der Waals surface area contributed by atoms with E-state index < -0.39 is 5.91 Å². The van der Waals surface area contributed by atoms with Gasteiger partial charge in [0.1, 0.15) is 0 Å². The van der Waals surface area contributed by atoms with Gasteiger partial charge in [0.05, 0.1) is 16.6 Å². The molecular weight excluding hydrogens is 364 g/mol. The van der Waals surface area contributed by atoms with Crippen molar-refractivity contribution in [3.8, 4) is 5.88 Å². The number of rotatable bonds is 3. The molecule has 0 aliphatic rings. The number of amides is 1. The number of fused-ring (bicyclic) bond motifs is 2. The SMILES string of the molecule is CCn1c(O)c(N=NC(=O)c2cc(C)nc3ccc(C)cc23)c2cc(C)ccc21. The number of hydrogen-bond donors (Lipinski definition) is 1. The molecule has 0 unspecified atom stereocenters. The molecule has 0 saturated carbocycles. The lowest BCUT2D eigenvalue weighted by atomic mass is 10.1. The lowest BCUT2D eigenvalue weighted by Gasteiger charge is -2.05. The zero-order valence-corrected chi connectivity index (χ0v) is 16.9. The molecule has 0 spiro atoms. The van der Waals surface area contributed by atoms with Crippen molar-refractivity contribution in [3.63, 3.8) is 0 Å². The molecule has 6 heteroatoms. The molecule has 146 valence electrons. The monoisotopic (exact) mass is 386 g/mol. The van der Waals surface area contributed by atoms with Gasteiger partial charge in [-0.1, -0.05) is 23.3 Å². The first-order valence-corrected chi connectivity index (χ1v) is 9.55. The summed E-state index contributed by atoms with van der Waals surface area (Å²) in [5.41, 5.74) is 5.18. The molecule has 4 aromatic rings. The zero-order chi connectivity index (χ0) is 20.7. The summed E-state index contributed by atoms with van der Waals surface area (Å²) in [5, 5.41) is 20.3. The Hall–Kier alpha value is -3.54. The number of aromatic hydroxyl groups is 1. The van der Waals surface area contributed by atoms with Crippen LogP contribution in [-0.4, -0.2) is 20.6 Å². The first kappa shape index (κ1) is 18.8. The van der Waals surface area contributed by atoms with Crippen LogP contribution in [0.5, 0.6) is 5.88 Å². The van der Waals surface area contributed by atoms with Gasteiger partial charge in [0.25, 0.3) is 5.91 Å². The Bertz CT molecular complexity index is 1300. The van der Waals surface area contributed by atoms with Crippen molar-refractivity contribution < 1.29 is 9.90 Å². The van der Waals surface area contributed by atoms with Crippen molar-refractivity contribution >= 4 is 33.4 Å². The van der Waals surface area contributed by atoms with Crippen molar-refractivity contribution in [2.75, 3.05) is 0 Å². The fraction of sp³-hybridized carbons (Fsp3) is 0.217. The summed E-state index contributed by atoms with van der Waals surface area (Å²) in [4.78, 5) is 17.4. The molecule has 2 heterocycles. The van der Waals surface area contributed by atoms with Gasteiger partial charge in [0.15, 0.2) is 5.69 Å². The maximum absolute atomic E-state index is 12.9. The van der Waals surface area contributed by atoms with Crippen LogP contribution in [0.2, 0.25) is 0 Å². The van der Waals surface area contributed by atoms with E-state index in [4.69, 9.17) is 0 Å². The third-order valence-electron chi connectivity index (χ3n) is 5.05. The average Bonchev–Trinajstić information content (AvgIpc) is 2.95. The van der Waals surface area contributed by atoms with Gasteiger partial charge in [-0.3, -0.25) is 9.78 Å². The van der Waals surface area contributed by atoms with Gasteiger partial charge in [-0.2, -0.15) is 0 Å². The molecule has 2 aromatic carbocycles. The molecule has 0 fully saturated rings. The van der Waals surface area contributed by atoms with Crippen molar-refractivity contribution in [3.05, 3.63) is 64.8 Å². The van der Waals surface area contributed by atoms with Gasteiger partial charge in [-0.05, 0) is 58.0 Å². The van der Waals surface area contributed by atoms with Gasteiger partial charge >= 0.3 is 0 Å². The standard InChI is InChI=1S/C23H22N4O2/c1-5-27-20-9-7-14(3)11-18(20)21(23(27)29)25-26-22(28)17-12-15(4)24-19-8-6-13(2)10-16(17)19/h6-12,29H,5H2,1-4H3. The van der Waals surface area contributed by atoms with Crippen LogP contribution in [0.4, 0.5) is 5.69 Å². The highest BCUT2D eigenvalue weighted by Crippen LogP contribution is 2.39. The third kappa shape index (κ3) is 3.27. The Morgan fingerprint density at radius 1 is 1.03 bits per heavy atom. The minimum atomic E-state index is -0.462.